The van der Waals surface area contributed by atoms with Crippen LogP contribution >= 0.6 is 11.8 Å². The summed E-state index contributed by atoms with van der Waals surface area (Å²) in [5, 5.41) is 9.21. The summed E-state index contributed by atoms with van der Waals surface area (Å²) >= 11 is 1.42. The van der Waals surface area contributed by atoms with E-state index in [-0.39, 0.29) is 11.9 Å². The zero-order valence-corrected chi connectivity index (χ0v) is 15.6. The second kappa shape index (κ2) is 6.99. The zero-order chi connectivity index (χ0) is 18.1. The van der Waals surface area contributed by atoms with Crippen LogP contribution in [-0.4, -0.2) is 32.5 Å². The smallest absolute Gasteiger partial charge is 0.237 e. The van der Waals surface area contributed by atoms with Crippen LogP contribution in [-0.2, 0) is 17.8 Å². The lowest BCUT2D eigenvalue weighted by atomic mass is 10.1. The molecule has 1 aliphatic heterocycles. The molecule has 26 heavy (non-hydrogen) atoms. The van der Waals surface area contributed by atoms with Crippen molar-refractivity contribution in [2.24, 2.45) is 0 Å². The van der Waals surface area contributed by atoms with E-state index in [0.717, 1.165) is 17.3 Å². The van der Waals surface area contributed by atoms with Gasteiger partial charge in [0, 0.05) is 18.3 Å². The Bertz CT molecular complexity index is 920. The van der Waals surface area contributed by atoms with Gasteiger partial charge < -0.3 is 9.32 Å². The zero-order valence-electron chi connectivity index (χ0n) is 14.8. The first-order valence-electron chi connectivity index (χ1n) is 8.69. The van der Waals surface area contributed by atoms with Crippen molar-refractivity contribution in [1.82, 2.24) is 14.8 Å². The minimum atomic E-state index is 0.0950. The number of anilines is 1. The molecular weight excluding hydrogens is 348 g/mol. The average Bonchev–Trinajstić information content (AvgIpc) is 3.36. The molecule has 134 valence electrons. The molecule has 3 heterocycles. The van der Waals surface area contributed by atoms with Crippen LogP contribution in [0, 0.1) is 0 Å². The quantitative estimate of drug-likeness (QED) is 0.644. The lowest BCUT2D eigenvalue weighted by molar-refractivity contribution is -0.116. The van der Waals surface area contributed by atoms with E-state index in [4.69, 9.17) is 4.42 Å². The molecule has 3 aromatic rings. The summed E-state index contributed by atoms with van der Waals surface area (Å²) in [6.45, 7) is 4.83. The fraction of sp³-hybridized carbons (Fsp3) is 0.316. The van der Waals surface area contributed by atoms with Gasteiger partial charge in [0.25, 0.3) is 0 Å². The van der Waals surface area contributed by atoms with Gasteiger partial charge in [-0.2, -0.15) is 0 Å². The summed E-state index contributed by atoms with van der Waals surface area (Å²) in [6.07, 6.45) is 2.52. The third kappa shape index (κ3) is 2.92. The highest BCUT2D eigenvalue weighted by Gasteiger charge is 2.30. The van der Waals surface area contributed by atoms with E-state index in [1.54, 1.807) is 6.26 Å². The molecule has 0 saturated carbocycles. The average molecular weight is 368 g/mol. The Morgan fingerprint density at radius 2 is 2.12 bits per heavy atom. The van der Waals surface area contributed by atoms with Gasteiger partial charge in [-0.1, -0.05) is 30.0 Å². The van der Waals surface area contributed by atoms with Gasteiger partial charge >= 0.3 is 0 Å². The van der Waals surface area contributed by atoms with Crippen LogP contribution in [0.4, 0.5) is 5.69 Å². The maximum absolute atomic E-state index is 12.9. The van der Waals surface area contributed by atoms with E-state index < -0.39 is 0 Å². The molecule has 1 atom stereocenters. The van der Waals surface area contributed by atoms with Crippen molar-refractivity contribution in [1.29, 1.82) is 0 Å². The fourth-order valence-corrected chi connectivity index (χ4v) is 4.27. The minimum Gasteiger partial charge on any atom is -0.461 e. The van der Waals surface area contributed by atoms with Gasteiger partial charge in [0.05, 0.1) is 12.0 Å². The van der Waals surface area contributed by atoms with Crippen molar-refractivity contribution in [3.05, 3.63) is 48.2 Å². The van der Waals surface area contributed by atoms with Crippen LogP contribution in [0.2, 0.25) is 0 Å². The number of thioether (sulfide) groups is 1. The third-order valence-corrected chi connectivity index (χ3v) is 5.53. The van der Waals surface area contributed by atoms with Crippen molar-refractivity contribution in [3.63, 3.8) is 0 Å². The van der Waals surface area contributed by atoms with E-state index in [9.17, 15) is 4.79 Å². The predicted molar refractivity (Wildman–Crippen MR) is 101 cm³/mol. The molecular formula is C19H20N4O2S. The largest absolute Gasteiger partial charge is 0.461 e. The van der Waals surface area contributed by atoms with Crippen molar-refractivity contribution < 1.29 is 9.21 Å². The summed E-state index contributed by atoms with van der Waals surface area (Å²) in [5.41, 5.74) is 2.26. The molecule has 0 N–H and O–H groups in total. The first-order valence-corrected chi connectivity index (χ1v) is 9.67. The summed E-state index contributed by atoms with van der Waals surface area (Å²) in [4.78, 5) is 14.8. The first kappa shape index (κ1) is 16.9. The SMILES string of the molecule is CCn1c(SCC(=O)N2c3ccccc3C[C@H]2C)nnc1-c1ccco1. The Labute approximate surface area is 156 Å². The van der Waals surface area contributed by atoms with Crippen LogP contribution in [0.3, 0.4) is 0 Å². The number of hydrogen-bond donors (Lipinski definition) is 0. The monoisotopic (exact) mass is 368 g/mol. The fourth-order valence-electron chi connectivity index (χ4n) is 3.41. The summed E-state index contributed by atoms with van der Waals surface area (Å²) in [6, 6.07) is 12.0. The van der Waals surface area contributed by atoms with Crippen molar-refractivity contribution in [2.45, 2.75) is 38.0 Å². The second-order valence-electron chi connectivity index (χ2n) is 6.26. The topological polar surface area (TPSA) is 64.2 Å². The van der Waals surface area contributed by atoms with Crippen LogP contribution < -0.4 is 4.90 Å². The lowest BCUT2D eigenvalue weighted by Gasteiger charge is -2.22. The number of amides is 1. The molecule has 2 aromatic heterocycles. The number of carbonyl (C=O) groups excluding carboxylic acids is 1. The number of nitrogens with zero attached hydrogens (tertiary/aromatic N) is 4. The molecule has 4 rings (SSSR count). The Hall–Kier alpha value is -2.54. The van der Waals surface area contributed by atoms with Crippen LogP contribution in [0.15, 0.2) is 52.2 Å². The highest BCUT2D eigenvalue weighted by molar-refractivity contribution is 7.99. The highest BCUT2D eigenvalue weighted by atomic mass is 32.2. The van der Waals surface area contributed by atoms with Crippen molar-refractivity contribution in [3.8, 4) is 11.6 Å². The molecule has 0 fully saturated rings. The van der Waals surface area contributed by atoms with Crippen molar-refractivity contribution in [2.75, 3.05) is 10.7 Å². The molecule has 0 aliphatic carbocycles. The lowest BCUT2D eigenvalue weighted by Crippen LogP contribution is -2.37. The van der Waals surface area contributed by atoms with Gasteiger partial charge in [-0.05, 0) is 44.0 Å². The van der Waals surface area contributed by atoms with Gasteiger partial charge in [-0.3, -0.25) is 9.36 Å². The maximum atomic E-state index is 12.9. The van der Waals surface area contributed by atoms with Crippen LogP contribution in [0.1, 0.15) is 19.4 Å². The van der Waals surface area contributed by atoms with Gasteiger partial charge in [0.1, 0.15) is 0 Å². The molecule has 0 unspecified atom stereocenters. The molecule has 0 saturated heterocycles. The first-order chi connectivity index (χ1) is 12.7. The molecule has 7 heteroatoms. The molecule has 1 aromatic carbocycles. The number of aromatic nitrogens is 3. The number of para-hydroxylation sites is 1. The number of hydrogen-bond acceptors (Lipinski definition) is 5. The predicted octanol–water partition coefficient (Wildman–Crippen LogP) is 3.63. The van der Waals surface area contributed by atoms with Gasteiger partial charge in [0.2, 0.25) is 5.91 Å². The normalized spacial score (nSPS) is 16.1. The molecule has 0 bridgehead atoms. The summed E-state index contributed by atoms with van der Waals surface area (Å²) in [5.74, 6) is 1.79. The summed E-state index contributed by atoms with van der Waals surface area (Å²) in [7, 11) is 0. The molecule has 1 aliphatic rings. The van der Waals surface area contributed by atoms with E-state index in [0.29, 0.717) is 23.9 Å². The summed E-state index contributed by atoms with van der Waals surface area (Å²) < 4.78 is 7.40. The number of fused-ring (bicyclic) bond motifs is 1. The van der Waals surface area contributed by atoms with Gasteiger partial charge in [-0.15, -0.1) is 10.2 Å². The van der Waals surface area contributed by atoms with Gasteiger partial charge in [0.15, 0.2) is 16.7 Å². The Morgan fingerprint density at radius 1 is 1.27 bits per heavy atom. The molecule has 0 radical (unpaired) electrons. The standard InChI is InChI=1S/C19H20N4O2S/c1-3-22-18(16-9-6-10-25-16)20-21-19(22)26-12-17(24)23-13(2)11-14-7-4-5-8-15(14)23/h4-10,13H,3,11-12H2,1-2H3/t13-/m1/s1. The van der Waals surface area contributed by atoms with Crippen LogP contribution in [0.5, 0.6) is 0 Å². The second-order valence-corrected chi connectivity index (χ2v) is 7.20. The number of furan rings is 1. The molecule has 6 nitrogen and oxygen atoms in total. The van der Waals surface area contributed by atoms with E-state index in [2.05, 4.69) is 23.2 Å². The Morgan fingerprint density at radius 3 is 2.88 bits per heavy atom. The Balaban J connectivity index is 1.51. The number of benzene rings is 1. The van der Waals surface area contributed by atoms with E-state index in [1.165, 1.54) is 17.3 Å². The maximum Gasteiger partial charge on any atom is 0.237 e. The number of carbonyl (C=O) groups is 1. The molecule has 1 amide bonds. The minimum absolute atomic E-state index is 0.0950. The Kier molecular flexibility index (Phi) is 4.55. The highest BCUT2D eigenvalue weighted by Crippen LogP contribution is 2.33. The van der Waals surface area contributed by atoms with E-state index >= 15 is 0 Å². The third-order valence-electron chi connectivity index (χ3n) is 4.58. The van der Waals surface area contributed by atoms with Crippen molar-refractivity contribution >= 4 is 23.4 Å². The van der Waals surface area contributed by atoms with Crippen LogP contribution in [0.25, 0.3) is 11.6 Å². The van der Waals surface area contributed by atoms with E-state index in [1.807, 2.05) is 46.7 Å². The number of rotatable bonds is 5. The van der Waals surface area contributed by atoms with Gasteiger partial charge in [-0.25, -0.2) is 0 Å². The molecule has 0 spiro atoms.